The number of benzene rings is 3. The van der Waals surface area contributed by atoms with Gasteiger partial charge in [-0.25, -0.2) is 9.78 Å². The average molecular weight is 416 g/mol. The molecule has 1 spiro atoms. The third-order valence-electron chi connectivity index (χ3n) is 6.52. The first-order chi connectivity index (χ1) is 15.1. The van der Waals surface area contributed by atoms with Gasteiger partial charge in [0.15, 0.2) is 0 Å². The van der Waals surface area contributed by atoms with Crippen LogP contribution in [0.15, 0.2) is 73.3 Å². The predicted molar refractivity (Wildman–Crippen MR) is 125 cm³/mol. The predicted octanol–water partition coefficient (Wildman–Crippen LogP) is 6.26. The van der Waals surface area contributed by atoms with Crippen LogP contribution in [0.2, 0.25) is 0 Å². The summed E-state index contributed by atoms with van der Waals surface area (Å²) in [7, 11) is 0. The largest absolute Gasteiger partial charge is 0.382 e. The van der Waals surface area contributed by atoms with Crippen molar-refractivity contribution in [2.24, 2.45) is 0 Å². The van der Waals surface area contributed by atoms with Gasteiger partial charge in [0.2, 0.25) is 5.79 Å². The van der Waals surface area contributed by atoms with Crippen LogP contribution in [-0.2, 0) is 14.5 Å². The van der Waals surface area contributed by atoms with Gasteiger partial charge in [0.25, 0.3) is 0 Å². The number of anilines is 1. The van der Waals surface area contributed by atoms with Gasteiger partial charge in [-0.05, 0) is 42.4 Å². The Kier molecular flexibility index (Phi) is 5.53. The van der Waals surface area contributed by atoms with Crippen LogP contribution in [-0.4, -0.2) is 24.5 Å². The fraction of sp³-hybridized carbons (Fsp3) is 0.333. The van der Waals surface area contributed by atoms with Crippen molar-refractivity contribution in [3.8, 4) is 0 Å². The van der Waals surface area contributed by atoms with E-state index in [4.69, 9.17) is 14.5 Å². The monoisotopic (exact) mass is 415 g/mol. The summed E-state index contributed by atoms with van der Waals surface area (Å²) in [6, 6.07) is 23.6. The van der Waals surface area contributed by atoms with Gasteiger partial charge in [-0.3, -0.25) is 0 Å². The Balaban J connectivity index is 1.17. The second-order valence-corrected chi connectivity index (χ2v) is 8.73. The Labute approximate surface area is 183 Å². The molecular formula is C27H29NO3. The summed E-state index contributed by atoms with van der Waals surface area (Å²) in [4.78, 5) is 11.6. The molecule has 1 N–H and O–H groups in total. The Morgan fingerprint density at radius 1 is 0.968 bits per heavy atom. The SMILES string of the molecule is C=C(c1ccc(C)cc1)C1COC2(CCC(Nc3cccc4ccccc34)CC2)OO1. The highest BCUT2D eigenvalue weighted by Gasteiger charge is 2.43. The van der Waals surface area contributed by atoms with Crippen LogP contribution in [0.5, 0.6) is 0 Å². The van der Waals surface area contributed by atoms with Crippen molar-refractivity contribution < 1.29 is 14.5 Å². The number of hydrogen-bond donors (Lipinski definition) is 1. The van der Waals surface area contributed by atoms with Gasteiger partial charge in [-0.1, -0.05) is 72.8 Å². The average Bonchev–Trinajstić information content (AvgIpc) is 2.82. The molecule has 0 amide bonds. The van der Waals surface area contributed by atoms with Gasteiger partial charge >= 0.3 is 0 Å². The zero-order chi connectivity index (χ0) is 21.3. The summed E-state index contributed by atoms with van der Waals surface area (Å²) in [6.07, 6.45) is 3.27. The van der Waals surface area contributed by atoms with Gasteiger partial charge in [-0.15, -0.1) is 0 Å². The quantitative estimate of drug-likeness (QED) is 0.511. The number of rotatable bonds is 4. The molecule has 5 rings (SSSR count). The van der Waals surface area contributed by atoms with Crippen molar-refractivity contribution in [1.82, 2.24) is 0 Å². The van der Waals surface area contributed by atoms with Crippen LogP contribution in [0, 0.1) is 6.92 Å². The minimum absolute atomic E-state index is 0.278. The number of nitrogens with one attached hydrogen (secondary N) is 1. The summed E-state index contributed by atoms with van der Waals surface area (Å²) in [5.41, 5.74) is 4.36. The molecule has 1 atom stereocenters. The summed E-state index contributed by atoms with van der Waals surface area (Å²) in [5.74, 6) is -0.638. The maximum atomic E-state index is 6.22. The van der Waals surface area contributed by atoms with E-state index in [2.05, 4.69) is 85.5 Å². The van der Waals surface area contributed by atoms with E-state index >= 15 is 0 Å². The van der Waals surface area contributed by atoms with Gasteiger partial charge in [0, 0.05) is 30.0 Å². The Morgan fingerprint density at radius 3 is 2.45 bits per heavy atom. The second kappa shape index (κ2) is 8.46. The number of fused-ring (bicyclic) bond motifs is 1. The standard InChI is InChI=1S/C27H29NO3/c1-19-10-12-21(13-11-19)20(2)26-18-29-27(31-30-26)16-14-23(15-17-27)28-25-9-5-7-22-6-3-4-8-24(22)25/h3-13,23,26,28H,2,14-18H2,1H3. The zero-order valence-corrected chi connectivity index (χ0v) is 18.0. The van der Waals surface area contributed by atoms with Gasteiger partial charge in [0.1, 0.15) is 6.10 Å². The summed E-state index contributed by atoms with van der Waals surface area (Å²) < 4.78 is 6.22. The maximum Gasteiger partial charge on any atom is 0.201 e. The van der Waals surface area contributed by atoms with Crippen LogP contribution in [0.4, 0.5) is 5.69 Å². The highest BCUT2D eigenvalue weighted by atomic mass is 17.2. The molecule has 4 heteroatoms. The van der Waals surface area contributed by atoms with Crippen LogP contribution < -0.4 is 5.32 Å². The summed E-state index contributed by atoms with van der Waals surface area (Å²) in [5, 5.41) is 6.25. The van der Waals surface area contributed by atoms with E-state index in [1.54, 1.807) is 0 Å². The normalized spacial score (nSPS) is 26.1. The first-order valence-corrected chi connectivity index (χ1v) is 11.1. The van der Waals surface area contributed by atoms with E-state index in [1.807, 2.05) is 0 Å². The molecule has 0 radical (unpaired) electrons. The molecule has 1 aliphatic carbocycles. The minimum atomic E-state index is -0.638. The van der Waals surface area contributed by atoms with E-state index in [-0.39, 0.29) is 6.10 Å². The third kappa shape index (κ3) is 4.24. The number of ether oxygens (including phenoxy) is 1. The molecule has 3 aromatic carbocycles. The Morgan fingerprint density at radius 2 is 1.71 bits per heavy atom. The van der Waals surface area contributed by atoms with Gasteiger partial charge in [-0.2, -0.15) is 0 Å². The van der Waals surface area contributed by atoms with Gasteiger partial charge in [0.05, 0.1) is 6.61 Å². The van der Waals surface area contributed by atoms with Crippen LogP contribution in [0.3, 0.4) is 0 Å². The lowest BCUT2D eigenvalue weighted by Gasteiger charge is -2.43. The lowest BCUT2D eigenvalue weighted by atomic mass is 9.89. The Hall–Kier alpha value is -2.66. The van der Waals surface area contributed by atoms with Crippen LogP contribution in [0.1, 0.15) is 36.8 Å². The summed E-state index contributed by atoms with van der Waals surface area (Å²) >= 11 is 0. The molecule has 160 valence electrons. The molecule has 1 saturated carbocycles. The third-order valence-corrected chi connectivity index (χ3v) is 6.52. The highest BCUT2D eigenvalue weighted by molar-refractivity contribution is 5.93. The molecule has 0 aromatic heterocycles. The number of aryl methyl sites for hydroxylation is 1. The number of hydrogen-bond acceptors (Lipinski definition) is 4. The molecule has 1 saturated heterocycles. The fourth-order valence-electron chi connectivity index (χ4n) is 4.54. The van der Waals surface area contributed by atoms with E-state index < -0.39 is 5.79 Å². The van der Waals surface area contributed by atoms with Crippen molar-refractivity contribution in [3.63, 3.8) is 0 Å². The lowest BCUT2D eigenvalue weighted by Crippen LogP contribution is -2.49. The molecule has 4 nitrogen and oxygen atoms in total. The first-order valence-electron chi connectivity index (χ1n) is 11.1. The maximum absolute atomic E-state index is 6.22. The van der Waals surface area contributed by atoms with Crippen molar-refractivity contribution in [2.75, 3.05) is 11.9 Å². The molecule has 1 unspecified atom stereocenters. The molecule has 2 fully saturated rings. The van der Waals surface area contributed by atoms with E-state index in [0.717, 1.165) is 36.8 Å². The molecular weight excluding hydrogens is 386 g/mol. The molecule has 3 aromatic rings. The topological polar surface area (TPSA) is 39.7 Å². The molecule has 2 aliphatic rings. The molecule has 1 aliphatic heterocycles. The first kappa shape index (κ1) is 20.3. The van der Waals surface area contributed by atoms with Crippen molar-refractivity contribution in [2.45, 2.75) is 50.5 Å². The fourth-order valence-corrected chi connectivity index (χ4v) is 4.54. The molecule has 1 heterocycles. The minimum Gasteiger partial charge on any atom is -0.382 e. The molecule has 0 bridgehead atoms. The van der Waals surface area contributed by atoms with Crippen LogP contribution in [0.25, 0.3) is 16.3 Å². The zero-order valence-electron chi connectivity index (χ0n) is 18.0. The smallest absolute Gasteiger partial charge is 0.201 e. The van der Waals surface area contributed by atoms with Crippen LogP contribution >= 0.6 is 0 Å². The van der Waals surface area contributed by atoms with E-state index in [9.17, 15) is 0 Å². The van der Waals surface area contributed by atoms with Crippen molar-refractivity contribution in [3.05, 3.63) is 84.4 Å². The van der Waals surface area contributed by atoms with E-state index in [1.165, 1.54) is 22.0 Å². The van der Waals surface area contributed by atoms with Crippen molar-refractivity contribution in [1.29, 1.82) is 0 Å². The van der Waals surface area contributed by atoms with Gasteiger partial charge < -0.3 is 10.1 Å². The highest BCUT2D eigenvalue weighted by Crippen LogP contribution is 2.39. The Bertz CT molecular complexity index is 1050. The molecule has 31 heavy (non-hydrogen) atoms. The van der Waals surface area contributed by atoms with E-state index in [0.29, 0.717) is 12.6 Å². The summed E-state index contributed by atoms with van der Waals surface area (Å²) in [6.45, 7) is 6.74. The second-order valence-electron chi connectivity index (χ2n) is 8.73. The lowest BCUT2D eigenvalue weighted by molar-refractivity contribution is -0.483. The van der Waals surface area contributed by atoms with Crippen molar-refractivity contribution >= 4 is 22.0 Å².